The molecule has 0 radical (unpaired) electrons. The molecule has 18 heavy (non-hydrogen) atoms. The van der Waals surface area contributed by atoms with Crippen LogP contribution in [0, 0.1) is 12.8 Å². The van der Waals surface area contributed by atoms with Crippen molar-refractivity contribution >= 4 is 0 Å². The van der Waals surface area contributed by atoms with Crippen molar-refractivity contribution in [2.75, 3.05) is 26.2 Å². The minimum absolute atomic E-state index is 0.124. The number of hydrogen-bond acceptors (Lipinski definition) is 3. The van der Waals surface area contributed by atoms with Crippen molar-refractivity contribution in [1.82, 2.24) is 4.90 Å². The smallest absolute Gasteiger partial charge is 0.0471 e. The quantitative estimate of drug-likeness (QED) is 0.834. The van der Waals surface area contributed by atoms with Crippen LogP contribution in [0.15, 0.2) is 24.3 Å². The standard InChI is InChI=1S/C15H24N2O/c1-12-2-4-14(5-3-12)15(16)7-9-17-8-6-13(10-17)11-18/h2-5,13,15,18H,6-11,16H2,1H3. The summed E-state index contributed by atoms with van der Waals surface area (Å²) in [5.41, 5.74) is 8.71. The number of hydrogen-bond donors (Lipinski definition) is 2. The van der Waals surface area contributed by atoms with Gasteiger partial charge in [-0.2, -0.15) is 0 Å². The number of nitrogens with two attached hydrogens (primary N) is 1. The Morgan fingerprint density at radius 1 is 1.39 bits per heavy atom. The Kier molecular flexibility index (Phi) is 4.75. The molecular weight excluding hydrogens is 224 g/mol. The van der Waals surface area contributed by atoms with Crippen LogP contribution in [-0.4, -0.2) is 36.2 Å². The van der Waals surface area contributed by atoms with Crippen molar-refractivity contribution < 1.29 is 5.11 Å². The molecule has 1 aromatic carbocycles. The Morgan fingerprint density at radius 3 is 2.72 bits per heavy atom. The first kappa shape index (κ1) is 13.5. The summed E-state index contributed by atoms with van der Waals surface area (Å²) in [6.07, 6.45) is 2.11. The van der Waals surface area contributed by atoms with E-state index in [1.54, 1.807) is 0 Å². The van der Waals surface area contributed by atoms with Crippen LogP contribution in [0.2, 0.25) is 0 Å². The monoisotopic (exact) mass is 248 g/mol. The molecule has 2 atom stereocenters. The zero-order chi connectivity index (χ0) is 13.0. The molecule has 1 aromatic rings. The summed E-state index contributed by atoms with van der Waals surface area (Å²) in [6, 6.07) is 8.61. The van der Waals surface area contributed by atoms with Gasteiger partial charge < -0.3 is 15.7 Å². The summed E-state index contributed by atoms with van der Waals surface area (Å²) in [5.74, 6) is 0.473. The van der Waals surface area contributed by atoms with Gasteiger partial charge in [-0.25, -0.2) is 0 Å². The second-order valence-corrected chi connectivity index (χ2v) is 5.44. The van der Waals surface area contributed by atoms with Crippen molar-refractivity contribution in [2.24, 2.45) is 11.7 Å². The molecule has 3 N–H and O–H groups in total. The average molecular weight is 248 g/mol. The molecule has 1 heterocycles. The van der Waals surface area contributed by atoms with Crippen LogP contribution >= 0.6 is 0 Å². The predicted octanol–water partition coefficient (Wildman–Crippen LogP) is 1.70. The van der Waals surface area contributed by atoms with Gasteiger partial charge in [-0.1, -0.05) is 29.8 Å². The van der Waals surface area contributed by atoms with Crippen LogP contribution in [0.4, 0.5) is 0 Å². The molecule has 3 nitrogen and oxygen atoms in total. The van der Waals surface area contributed by atoms with E-state index in [0.717, 1.165) is 32.5 Å². The molecule has 100 valence electrons. The molecule has 0 aromatic heterocycles. The van der Waals surface area contributed by atoms with Gasteiger partial charge in [0.25, 0.3) is 0 Å². The molecule has 0 amide bonds. The highest BCUT2D eigenvalue weighted by Crippen LogP contribution is 2.19. The Morgan fingerprint density at radius 2 is 2.11 bits per heavy atom. The van der Waals surface area contributed by atoms with Crippen molar-refractivity contribution in [3.05, 3.63) is 35.4 Å². The molecule has 1 aliphatic heterocycles. The van der Waals surface area contributed by atoms with Crippen LogP contribution in [-0.2, 0) is 0 Å². The summed E-state index contributed by atoms with van der Waals surface area (Å²) in [7, 11) is 0. The van der Waals surface area contributed by atoms with E-state index >= 15 is 0 Å². The maximum atomic E-state index is 9.11. The van der Waals surface area contributed by atoms with Crippen LogP contribution in [0.5, 0.6) is 0 Å². The number of rotatable bonds is 5. The van der Waals surface area contributed by atoms with E-state index in [4.69, 9.17) is 10.8 Å². The lowest BCUT2D eigenvalue weighted by molar-refractivity contribution is 0.220. The van der Waals surface area contributed by atoms with E-state index in [0.29, 0.717) is 12.5 Å². The maximum Gasteiger partial charge on any atom is 0.0471 e. The van der Waals surface area contributed by atoms with Crippen LogP contribution < -0.4 is 5.73 Å². The SMILES string of the molecule is Cc1ccc(C(N)CCN2CCC(CO)C2)cc1. The predicted molar refractivity (Wildman–Crippen MR) is 74.4 cm³/mol. The van der Waals surface area contributed by atoms with E-state index in [2.05, 4.69) is 36.1 Å². The third-order valence-electron chi connectivity index (χ3n) is 3.89. The molecule has 1 saturated heterocycles. The molecule has 0 spiro atoms. The lowest BCUT2D eigenvalue weighted by atomic mass is 10.0. The Hall–Kier alpha value is -0.900. The van der Waals surface area contributed by atoms with Crippen LogP contribution in [0.3, 0.4) is 0 Å². The Balaban J connectivity index is 1.78. The van der Waals surface area contributed by atoms with Gasteiger partial charge in [-0.05, 0) is 44.3 Å². The van der Waals surface area contributed by atoms with Gasteiger partial charge in [0.1, 0.15) is 0 Å². The fraction of sp³-hybridized carbons (Fsp3) is 0.600. The van der Waals surface area contributed by atoms with Crippen molar-refractivity contribution in [2.45, 2.75) is 25.8 Å². The van der Waals surface area contributed by atoms with E-state index in [1.807, 2.05) is 0 Å². The fourth-order valence-corrected chi connectivity index (χ4v) is 2.57. The number of likely N-dealkylation sites (tertiary alicyclic amines) is 1. The van der Waals surface area contributed by atoms with Gasteiger partial charge in [-0.3, -0.25) is 0 Å². The van der Waals surface area contributed by atoms with Gasteiger partial charge in [0, 0.05) is 19.2 Å². The van der Waals surface area contributed by atoms with Crippen molar-refractivity contribution in [3.63, 3.8) is 0 Å². The Labute approximate surface area is 110 Å². The van der Waals surface area contributed by atoms with E-state index in [9.17, 15) is 0 Å². The maximum absolute atomic E-state index is 9.11. The molecule has 1 fully saturated rings. The first-order valence-electron chi connectivity index (χ1n) is 6.84. The Bertz CT molecular complexity index is 363. The van der Waals surface area contributed by atoms with Gasteiger partial charge in [0.2, 0.25) is 0 Å². The van der Waals surface area contributed by atoms with E-state index in [1.165, 1.54) is 11.1 Å². The van der Waals surface area contributed by atoms with Gasteiger partial charge in [-0.15, -0.1) is 0 Å². The molecule has 1 aliphatic rings. The highest BCUT2D eigenvalue weighted by atomic mass is 16.3. The van der Waals surface area contributed by atoms with Crippen LogP contribution in [0.1, 0.15) is 30.0 Å². The number of benzene rings is 1. The summed E-state index contributed by atoms with van der Waals surface area (Å²) in [5, 5.41) is 9.11. The molecule has 0 bridgehead atoms. The third-order valence-corrected chi connectivity index (χ3v) is 3.89. The number of aliphatic hydroxyl groups is 1. The van der Waals surface area contributed by atoms with E-state index in [-0.39, 0.29) is 6.04 Å². The number of nitrogens with zero attached hydrogens (tertiary/aromatic N) is 1. The summed E-state index contributed by atoms with van der Waals surface area (Å²) in [4.78, 5) is 2.41. The minimum atomic E-state index is 0.124. The fourth-order valence-electron chi connectivity index (χ4n) is 2.57. The normalized spacial score (nSPS) is 22.3. The highest BCUT2D eigenvalue weighted by molar-refractivity contribution is 5.23. The molecule has 2 unspecified atom stereocenters. The van der Waals surface area contributed by atoms with Gasteiger partial charge >= 0.3 is 0 Å². The second kappa shape index (κ2) is 6.32. The number of aliphatic hydroxyl groups excluding tert-OH is 1. The van der Waals surface area contributed by atoms with Gasteiger partial charge in [0.15, 0.2) is 0 Å². The first-order chi connectivity index (χ1) is 8.69. The second-order valence-electron chi connectivity index (χ2n) is 5.44. The van der Waals surface area contributed by atoms with Crippen molar-refractivity contribution in [1.29, 1.82) is 0 Å². The summed E-state index contributed by atoms with van der Waals surface area (Å²) >= 11 is 0. The molecular formula is C15H24N2O. The third kappa shape index (κ3) is 3.55. The average Bonchev–Trinajstić information content (AvgIpc) is 2.85. The largest absolute Gasteiger partial charge is 0.396 e. The molecule has 0 saturated carbocycles. The molecule has 0 aliphatic carbocycles. The summed E-state index contributed by atoms with van der Waals surface area (Å²) < 4.78 is 0. The number of aryl methyl sites for hydroxylation is 1. The summed E-state index contributed by atoms with van der Waals surface area (Å²) in [6.45, 7) is 5.57. The first-order valence-corrected chi connectivity index (χ1v) is 6.84. The molecule has 3 heteroatoms. The molecule has 2 rings (SSSR count). The lowest BCUT2D eigenvalue weighted by Gasteiger charge is -2.19. The lowest BCUT2D eigenvalue weighted by Crippen LogP contribution is -2.26. The van der Waals surface area contributed by atoms with Crippen molar-refractivity contribution in [3.8, 4) is 0 Å². The zero-order valence-electron chi connectivity index (χ0n) is 11.2. The van der Waals surface area contributed by atoms with Crippen LogP contribution in [0.25, 0.3) is 0 Å². The van der Waals surface area contributed by atoms with Gasteiger partial charge in [0.05, 0.1) is 0 Å². The minimum Gasteiger partial charge on any atom is -0.396 e. The zero-order valence-corrected chi connectivity index (χ0v) is 11.2. The highest BCUT2D eigenvalue weighted by Gasteiger charge is 2.21. The van der Waals surface area contributed by atoms with E-state index < -0.39 is 0 Å². The topological polar surface area (TPSA) is 49.5 Å².